The van der Waals surface area contributed by atoms with Crippen LogP contribution in [0.5, 0.6) is 0 Å². The summed E-state index contributed by atoms with van der Waals surface area (Å²) in [5, 5.41) is 2.71. The third kappa shape index (κ3) is 4.27. The van der Waals surface area contributed by atoms with Crippen LogP contribution < -0.4 is 5.32 Å². The molecule has 6 nitrogen and oxygen atoms in total. The number of amides is 2. The van der Waals surface area contributed by atoms with Crippen LogP contribution in [0.4, 0.5) is 0 Å². The fourth-order valence-corrected chi connectivity index (χ4v) is 1.73. The van der Waals surface area contributed by atoms with Gasteiger partial charge in [-0.3, -0.25) is 9.59 Å². The van der Waals surface area contributed by atoms with Gasteiger partial charge < -0.3 is 19.7 Å². The van der Waals surface area contributed by atoms with Gasteiger partial charge in [0.25, 0.3) is 0 Å². The molecule has 104 valence electrons. The van der Waals surface area contributed by atoms with Gasteiger partial charge in [0.05, 0.1) is 19.3 Å². The van der Waals surface area contributed by atoms with Crippen LogP contribution in [0.25, 0.3) is 0 Å². The van der Waals surface area contributed by atoms with Gasteiger partial charge in [0, 0.05) is 13.1 Å². The lowest BCUT2D eigenvalue weighted by atomic mass is 10.2. The van der Waals surface area contributed by atoms with E-state index in [9.17, 15) is 9.59 Å². The molecular weight excluding hydrogens is 236 g/mol. The van der Waals surface area contributed by atoms with Crippen molar-refractivity contribution < 1.29 is 19.1 Å². The van der Waals surface area contributed by atoms with Gasteiger partial charge in [-0.05, 0) is 20.8 Å². The molecule has 2 amide bonds. The van der Waals surface area contributed by atoms with E-state index in [0.29, 0.717) is 19.7 Å². The van der Waals surface area contributed by atoms with Crippen LogP contribution in [0.2, 0.25) is 0 Å². The Hall–Kier alpha value is -1.14. The summed E-state index contributed by atoms with van der Waals surface area (Å²) in [4.78, 5) is 25.4. The Morgan fingerprint density at radius 1 is 1.50 bits per heavy atom. The number of rotatable bonds is 5. The summed E-state index contributed by atoms with van der Waals surface area (Å²) in [5.41, 5.74) is 0. The van der Waals surface area contributed by atoms with Crippen molar-refractivity contribution in [2.24, 2.45) is 0 Å². The lowest BCUT2D eigenvalue weighted by Crippen LogP contribution is -2.56. The number of morpholine rings is 1. The normalized spacial score (nSPS) is 20.0. The van der Waals surface area contributed by atoms with Crippen molar-refractivity contribution in [3.8, 4) is 0 Å². The zero-order chi connectivity index (χ0) is 13.5. The minimum Gasteiger partial charge on any atom is -0.377 e. The van der Waals surface area contributed by atoms with Crippen LogP contribution >= 0.6 is 0 Å². The molecule has 6 heteroatoms. The van der Waals surface area contributed by atoms with Crippen LogP contribution in [0, 0.1) is 0 Å². The lowest BCUT2D eigenvalue weighted by molar-refractivity contribution is -0.152. The first-order chi connectivity index (χ1) is 8.56. The Morgan fingerprint density at radius 2 is 2.22 bits per heavy atom. The van der Waals surface area contributed by atoms with Crippen molar-refractivity contribution in [3.05, 3.63) is 0 Å². The molecule has 0 saturated carbocycles. The van der Waals surface area contributed by atoms with E-state index >= 15 is 0 Å². The summed E-state index contributed by atoms with van der Waals surface area (Å²) in [6.45, 7) is 7.27. The fourth-order valence-electron chi connectivity index (χ4n) is 1.73. The summed E-state index contributed by atoms with van der Waals surface area (Å²) < 4.78 is 10.5. The fraction of sp³-hybridized carbons (Fsp3) is 0.833. The van der Waals surface area contributed by atoms with Gasteiger partial charge in [-0.25, -0.2) is 0 Å². The molecule has 1 aliphatic heterocycles. The topological polar surface area (TPSA) is 67.9 Å². The number of ether oxygens (including phenoxy) is 2. The molecule has 0 aromatic carbocycles. The monoisotopic (exact) mass is 258 g/mol. The van der Waals surface area contributed by atoms with Crippen molar-refractivity contribution in [3.63, 3.8) is 0 Å². The number of hydrogen-bond acceptors (Lipinski definition) is 4. The minimum atomic E-state index is -0.540. The first kappa shape index (κ1) is 14.9. The molecule has 1 aliphatic rings. The van der Waals surface area contributed by atoms with Crippen LogP contribution in [0.3, 0.4) is 0 Å². The van der Waals surface area contributed by atoms with E-state index in [4.69, 9.17) is 9.47 Å². The molecule has 1 unspecified atom stereocenters. The van der Waals surface area contributed by atoms with Crippen molar-refractivity contribution in [1.82, 2.24) is 10.2 Å². The number of carbonyl (C=O) groups excluding carboxylic acids is 2. The summed E-state index contributed by atoms with van der Waals surface area (Å²) in [6, 6.07) is -0.540. The van der Waals surface area contributed by atoms with Crippen LogP contribution in [-0.4, -0.2) is 61.8 Å². The van der Waals surface area contributed by atoms with Crippen molar-refractivity contribution in [2.45, 2.75) is 32.9 Å². The maximum atomic E-state index is 12.0. The number of carbonyl (C=O) groups is 2. The number of nitrogens with zero attached hydrogens (tertiary/aromatic N) is 1. The molecule has 1 saturated heterocycles. The highest BCUT2D eigenvalue weighted by atomic mass is 16.5. The Morgan fingerprint density at radius 3 is 2.83 bits per heavy atom. The molecular formula is C12H22N2O4. The van der Waals surface area contributed by atoms with Crippen molar-refractivity contribution in [2.75, 3.05) is 32.9 Å². The molecule has 0 radical (unpaired) electrons. The molecule has 0 aromatic heterocycles. The predicted octanol–water partition coefficient (Wildman–Crippen LogP) is -0.225. The largest absolute Gasteiger partial charge is 0.377 e. The van der Waals surface area contributed by atoms with Gasteiger partial charge in [0.1, 0.15) is 12.6 Å². The summed E-state index contributed by atoms with van der Waals surface area (Å²) in [5.74, 6) is -0.335. The Kier molecular flexibility index (Phi) is 6.07. The van der Waals surface area contributed by atoms with Crippen molar-refractivity contribution >= 4 is 11.8 Å². The smallest absolute Gasteiger partial charge is 0.249 e. The molecule has 0 bridgehead atoms. The van der Waals surface area contributed by atoms with Gasteiger partial charge >= 0.3 is 0 Å². The second-order valence-corrected chi connectivity index (χ2v) is 4.43. The third-order valence-corrected chi connectivity index (χ3v) is 2.64. The Labute approximate surface area is 108 Å². The van der Waals surface area contributed by atoms with Gasteiger partial charge in [0.2, 0.25) is 11.8 Å². The van der Waals surface area contributed by atoms with Crippen LogP contribution in [-0.2, 0) is 19.1 Å². The Balaban J connectivity index is 2.58. The molecule has 1 atom stereocenters. The summed E-state index contributed by atoms with van der Waals surface area (Å²) in [7, 11) is 0. The Bertz CT molecular complexity index is 294. The number of likely N-dealkylation sites (N-methyl/N-ethyl adjacent to an activating group) is 1. The van der Waals surface area contributed by atoms with E-state index < -0.39 is 6.04 Å². The van der Waals surface area contributed by atoms with Gasteiger partial charge in [-0.1, -0.05) is 0 Å². The minimum absolute atomic E-state index is 0.00194. The summed E-state index contributed by atoms with van der Waals surface area (Å²) >= 11 is 0. The standard InChI is InChI=1S/C12H22N2O4/c1-4-13-12(16)10-7-17-6-5-14(10)11(15)8-18-9(2)3/h9-10H,4-8H2,1-3H3,(H,13,16). The molecule has 0 spiro atoms. The van der Waals surface area contributed by atoms with Gasteiger partial charge in [-0.15, -0.1) is 0 Å². The van der Waals surface area contributed by atoms with Gasteiger partial charge in [-0.2, -0.15) is 0 Å². The van der Waals surface area contributed by atoms with E-state index in [2.05, 4.69) is 5.32 Å². The van der Waals surface area contributed by atoms with Crippen LogP contribution in [0.15, 0.2) is 0 Å². The zero-order valence-corrected chi connectivity index (χ0v) is 11.3. The third-order valence-electron chi connectivity index (χ3n) is 2.64. The molecule has 1 rings (SSSR count). The SMILES string of the molecule is CCNC(=O)C1COCCN1C(=O)COC(C)C. The van der Waals surface area contributed by atoms with Crippen molar-refractivity contribution in [1.29, 1.82) is 0 Å². The van der Waals surface area contributed by atoms with Gasteiger partial charge in [0.15, 0.2) is 0 Å². The van der Waals surface area contributed by atoms with E-state index in [-0.39, 0.29) is 31.1 Å². The summed E-state index contributed by atoms with van der Waals surface area (Å²) in [6.07, 6.45) is -0.00194. The highest BCUT2D eigenvalue weighted by Gasteiger charge is 2.32. The average molecular weight is 258 g/mol. The van der Waals surface area contributed by atoms with E-state index in [1.165, 1.54) is 4.90 Å². The molecule has 1 fully saturated rings. The van der Waals surface area contributed by atoms with E-state index in [0.717, 1.165) is 0 Å². The maximum absolute atomic E-state index is 12.0. The average Bonchev–Trinajstić information content (AvgIpc) is 2.36. The lowest BCUT2D eigenvalue weighted by Gasteiger charge is -2.34. The molecule has 18 heavy (non-hydrogen) atoms. The second kappa shape index (κ2) is 7.33. The highest BCUT2D eigenvalue weighted by Crippen LogP contribution is 2.08. The first-order valence-corrected chi connectivity index (χ1v) is 6.32. The van der Waals surface area contributed by atoms with E-state index in [1.807, 2.05) is 20.8 Å². The van der Waals surface area contributed by atoms with Crippen LogP contribution in [0.1, 0.15) is 20.8 Å². The zero-order valence-electron chi connectivity index (χ0n) is 11.3. The predicted molar refractivity (Wildman–Crippen MR) is 66.1 cm³/mol. The quantitative estimate of drug-likeness (QED) is 0.740. The maximum Gasteiger partial charge on any atom is 0.249 e. The number of hydrogen-bond donors (Lipinski definition) is 1. The molecule has 0 aromatic rings. The molecule has 1 N–H and O–H groups in total. The second-order valence-electron chi connectivity index (χ2n) is 4.43. The number of nitrogens with one attached hydrogen (secondary N) is 1. The molecule has 0 aliphatic carbocycles. The first-order valence-electron chi connectivity index (χ1n) is 6.32. The van der Waals surface area contributed by atoms with E-state index in [1.54, 1.807) is 0 Å². The molecule has 1 heterocycles. The highest BCUT2D eigenvalue weighted by molar-refractivity contribution is 5.88.